The zero-order valence-corrected chi connectivity index (χ0v) is 12.1. The molecule has 2 fully saturated rings. The molecule has 18 heavy (non-hydrogen) atoms. The molecule has 0 amide bonds. The van der Waals surface area contributed by atoms with E-state index in [9.17, 15) is 0 Å². The maximum atomic E-state index is 3.44. The van der Waals surface area contributed by atoms with Gasteiger partial charge in [0.15, 0.2) is 0 Å². The Kier molecular flexibility index (Phi) is 9.42. The lowest BCUT2D eigenvalue weighted by atomic mass is 10.1. The standard InChI is InChI=1S/C8H19N3.C5H12N2/c1-11(2)6-4-8-3-5-9-7-10-8;1-2-6-4-5-7-3-1/h8-10H,3-7H2,1-2H3;6-7H,1-5H2. The first-order valence-electron chi connectivity index (χ1n) is 7.29. The number of hydrogen-bond donors (Lipinski definition) is 4. The molecule has 5 nitrogen and oxygen atoms in total. The van der Waals surface area contributed by atoms with Gasteiger partial charge >= 0.3 is 0 Å². The van der Waals surface area contributed by atoms with Crippen LogP contribution in [0.15, 0.2) is 0 Å². The fraction of sp³-hybridized carbons (Fsp3) is 1.00. The molecule has 0 aromatic heterocycles. The molecule has 5 heteroatoms. The second-order valence-corrected chi connectivity index (χ2v) is 5.31. The van der Waals surface area contributed by atoms with Crippen molar-refractivity contribution in [2.75, 3.05) is 60.0 Å². The molecule has 0 saturated carbocycles. The normalized spacial score (nSPS) is 25.2. The molecular weight excluding hydrogens is 226 g/mol. The van der Waals surface area contributed by atoms with E-state index >= 15 is 0 Å². The van der Waals surface area contributed by atoms with Crippen LogP contribution < -0.4 is 21.3 Å². The molecule has 2 aliphatic rings. The SMILES string of the molecule is C1CNCCNC1.CN(C)CCC1CCNCN1. The van der Waals surface area contributed by atoms with Crippen molar-refractivity contribution in [1.82, 2.24) is 26.2 Å². The first-order chi connectivity index (χ1) is 8.79. The van der Waals surface area contributed by atoms with E-state index < -0.39 is 0 Å². The summed E-state index contributed by atoms with van der Waals surface area (Å²) in [6, 6.07) is 0.735. The third-order valence-electron chi connectivity index (χ3n) is 3.30. The lowest BCUT2D eigenvalue weighted by molar-refractivity contribution is 0.318. The van der Waals surface area contributed by atoms with Crippen LogP contribution in [0.2, 0.25) is 0 Å². The largest absolute Gasteiger partial charge is 0.315 e. The van der Waals surface area contributed by atoms with Gasteiger partial charge in [-0.15, -0.1) is 0 Å². The van der Waals surface area contributed by atoms with E-state index in [0.29, 0.717) is 0 Å². The molecule has 0 spiro atoms. The minimum atomic E-state index is 0.735. The molecule has 0 aromatic rings. The van der Waals surface area contributed by atoms with E-state index in [-0.39, 0.29) is 0 Å². The third kappa shape index (κ3) is 8.83. The Balaban J connectivity index is 0.000000199. The van der Waals surface area contributed by atoms with E-state index in [4.69, 9.17) is 0 Å². The van der Waals surface area contributed by atoms with E-state index in [1.54, 1.807) is 0 Å². The van der Waals surface area contributed by atoms with E-state index in [1.165, 1.54) is 45.4 Å². The van der Waals surface area contributed by atoms with Gasteiger partial charge in [-0.05, 0) is 59.5 Å². The molecule has 2 heterocycles. The Hall–Kier alpha value is -0.200. The first kappa shape index (κ1) is 15.9. The van der Waals surface area contributed by atoms with Crippen molar-refractivity contribution in [3.8, 4) is 0 Å². The number of rotatable bonds is 3. The van der Waals surface area contributed by atoms with Gasteiger partial charge in [-0.25, -0.2) is 0 Å². The van der Waals surface area contributed by atoms with Crippen molar-refractivity contribution >= 4 is 0 Å². The highest BCUT2D eigenvalue weighted by molar-refractivity contribution is 4.72. The highest BCUT2D eigenvalue weighted by Crippen LogP contribution is 2.00. The highest BCUT2D eigenvalue weighted by atomic mass is 15.1. The third-order valence-corrected chi connectivity index (χ3v) is 3.30. The van der Waals surface area contributed by atoms with Crippen LogP contribution >= 0.6 is 0 Å². The molecule has 1 unspecified atom stereocenters. The van der Waals surface area contributed by atoms with E-state index in [1.807, 2.05) is 0 Å². The highest BCUT2D eigenvalue weighted by Gasteiger charge is 2.10. The van der Waals surface area contributed by atoms with Crippen LogP contribution in [0.1, 0.15) is 19.3 Å². The van der Waals surface area contributed by atoms with Gasteiger partial charge in [-0.2, -0.15) is 0 Å². The van der Waals surface area contributed by atoms with Gasteiger partial charge in [0.25, 0.3) is 0 Å². The fourth-order valence-electron chi connectivity index (χ4n) is 2.11. The second-order valence-electron chi connectivity index (χ2n) is 5.31. The van der Waals surface area contributed by atoms with Crippen LogP contribution in [-0.4, -0.2) is 71.0 Å². The smallest absolute Gasteiger partial charge is 0.0456 e. The quantitative estimate of drug-likeness (QED) is 0.545. The monoisotopic (exact) mass is 257 g/mol. The van der Waals surface area contributed by atoms with Crippen molar-refractivity contribution in [2.24, 2.45) is 0 Å². The molecule has 0 radical (unpaired) electrons. The van der Waals surface area contributed by atoms with Crippen LogP contribution in [-0.2, 0) is 0 Å². The molecule has 4 N–H and O–H groups in total. The molecule has 2 saturated heterocycles. The molecule has 1 atom stereocenters. The van der Waals surface area contributed by atoms with Gasteiger partial charge in [0, 0.05) is 25.8 Å². The molecule has 108 valence electrons. The van der Waals surface area contributed by atoms with Crippen LogP contribution in [0.25, 0.3) is 0 Å². The van der Waals surface area contributed by atoms with Crippen LogP contribution in [0, 0.1) is 0 Å². The maximum Gasteiger partial charge on any atom is 0.0456 e. The molecular formula is C13H31N5. The summed E-state index contributed by atoms with van der Waals surface area (Å²) in [5.41, 5.74) is 0. The average molecular weight is 257 g/mol. The maximum absolute atomic E-state index is 3.44. The Labute approximate surface area is 112 Å². The lowest BCUT2D eigenvalue weighted by Crippen LogP contribution is -2.45. The number of hydrogen-bond acceptors (Lipinski definition) is 5. The van der Waals surface area contributed by atoms with Crippen LogP contribution in [0.3, 0.4) is 0 Å². The van der Waals surface area contributed by atoms with Crippen molar-refractivity contribution in [2.45, 2.75) is 25.3 Å². The topological polar surface area (TPSA) is 51.4 Å². The summed E-state index contributed by atoms with van der Waals surface area (Å²) in [7, 11) is 4.25. The van der Waals surface area contributed by atoms with E-state index in [0.717, 1.165) is 25.8 Å². The van der Waals surface area contributed by atoms with Crippen molar-refractivity contribution in [1.29, 1.82) is 0 Å². The summed E-state index contributed by atoms with van der Waals surface area (Å²) in [4.78, 5) is 2.24. The molecule has 0 bridgehead atoms. The van der Waals surface area contributed by atoms with Crippen molar-refractivity contribution in [3.05, 3.63) is 0 Å². The van der Waals surface area contributed by atoms with Crippen LogP contribution in [0.4, 0.5) is 0 Å². The Morgan fingerprint density at radius 3 is 2.22 bits per heavy atom. The van der Waals surface area contributed by atoms with Gasteiger partial charge in [0.2, 0.25) is 0 Å². The van der Waals surface area contributed by atoms with Gasteiger partial charge in [0.1, 0.15) is 0 Å². The van der Waals surface area contributed by atoms with Crippen molar-refractivity contribution < 1.29 is 0 Å². The van der Waals surface area contributed by atoms with E-state index in [2.05, 4.69) is 40.3 Å². The van der Waals surface area contributed by atoms with Gasteiger partial charge in [-0.1, -0.05) is 0 Å². The predicted molar refractivity (Wildman–Crippen MR) is 77.9 cm³/mol. The molecule has 0 aliphatic carbocycles. The van der Waals surface area contributed by atoms with Gasteiger partial charge in [-0.3, -0.25) is 0 Å². The predicted octanol–water partition coefficient (Wildman–Crippen LogP) is -0.584. The minimum Gasteiger partial charge on any atom is -0.315 e. The van der Waals surface area contributed by atoms with Crippen molar-refractivity contribution in [3.63, 3.8) is 0 Å². The number of nitrogens with zero attached hydrogens (tertiary/aromatic N) is 1. The summed E-state index contributed by atoms with van der Waals surface area (Å²) in [6.07, 6.45) is 3.82. The minimum absolute atomic E-state index is 0.735. The summed E-state index contributed by atoms with van der Waals surface area (Å²) in [5, 5.41) is 13.3. The Bertz CT molecular complexity index is 161. The second kappa shape index (κ2) is 10.7. The van der Waals surface area contributed by atoms with Gasteiger partial charge in [0.05, 0.1) is 0 Å². The number of nitrogens with one attached hydrogen (secondary N) is 4. The summed E-state index contributed by atoms with van der Waals surface area (Å²) in [6.45, 7) is 8.00. The molecule has 2 rings (SSSR count). The average Bonchev–Trinajstić information content (AvgIpc) is 2.70. The van der Waals surface area contributed by atoms with Crippen LogP contribution in [0.5, 0.6) is 0 Å². The summed E-state index contributed by atoms with van der Waals surface area (Å²) >= 11 is 0. The molecule has 2 aliphatic heterocycles. The Morgan fingerprint density at radius 1 is 0.944 bits per heavy atom. The lowest BCUT2D eigenvalue weighted by Gasteiger charge is -2.25. The zero-order chi connectivity index (χ0) is 13.1. The Morgan fingerprint density at radius 2 is 1.67 bits per heavy atom. The fourth-order valence-corrected chi connectivity index (χ4v) is 2.11. The van der Waals surface area contributed by atoms with Gasteiger partial charge < -0.3 is 26.2 Å². The summed E-state index contributed by atoms with van der Waals surface area (Å²) < 4.78 is 0. The summed E-state index contributed by atoms with van der Waals surface area (Å²) in [5.74, 6) is 0. The first-order valence-corrected chi connectivity index (χ1v) is 7.29. The molecule has 0 aromatic carbocycles. The zero-order valence-electron chi connectivity index (χ0n) is 12.1.